The summed E-state index contributed by atoms with van der Waals surface area (Å²) in [7, 11) is 0. The van der Waals surface area contributed by atoms with E-state index in [4.69, 9.17) is 11.6 Å². The number of rotatable bonds is 2. The van der Waals surface area contributed by atoms with Crippen LogP contribution in [0.25, 0.3) is 5.69 Å². The zero-order valence-electron chi connectivity index (χ0n) is 13.8. The molecule has 4 rings (SSSR count). The topological polar surface area (TPSA) is 84.1 Å². The van der Waals surface area contributed by atoms with Gasteiger partial charge in [0.1, 0.15) is 6.33 Å². The summed E-state index contributed by atoms with van der Waals surface area (Å²) in [5.74, 6) is 0.0490. The number of hydrogen-bond donors (Lipinski definition) is 1. The molecule has 0 spiro atoms. The number of fused-ring (bicyclic) bond motifs is 1. The number of halogens is 1. The van der Waals surface area contributed by atoms with Gasteiger partial charge >= 0.3 is 0 Å². The monoisotopic (exact) mass is 361 g/mol. The number of hydrogen-bond acceptors (Lipinski definition) is 5. The van der Waals surface area contributed by atoms with E-state index >= 15 is 0 Å². The molecule has 1 saturated carbocycles. The van der Waals surface area contributed by atoms with Crippen molar-refractivity contribution in [2.24, 2.45) is 5.92 Å². The van der Waals surface area contributed by atoms with Crippen LogP contribution in [-0.2, 0) is 0 Å². The van der Waals surface area contributed by atoms with Crippen molar-refractivity contribution in [3.63, 3.8) is 0 Å². The molecular formula is C17H20ClN5O2. The van der Waals surface area contributed by atoms with Crippen LogP contribution in [0.1, 0.15) is 42.5 Å². The Labute approximate surface area is 150 Å². The molecule has 7 nitrogen and oxygen atoms in total. The van der Waals surface area contributed by atoms with Crippen molar-refractivity contribution in [3.8, 4) is 5.69 Å². The molecule has 1 aromatic heterocycles. The molecule has 25 heavy (non-hydrogen) atoms. The minimum atomic E-state index is -0.604. The van der Waals surface area contributed by atoms with Gasteiger partial charge in [0.05, 0.1) is 21.9 Å². The van der Waals surface area contributed by atoms with Gasteiger partial charge < -0.3 is 10.0 Å². The smallest absolute Gasteiger partial charge is 0.255 e. The lowest BCUT2D eigenvalue weighted by Gasteiger charge is -2.47. The van der Waals surface area contributed by atoms with Gasteiger partial charge in [0, 0.05) is 19.0 Å². The second-order valence-electron chi connectivity index (χ2n) is 6.97. The van der Waals surface area contributed by atoms with Crippen LogP contribution in [0.2, 0.25) is 5.02 Å². The van der Waals surface area contributed by atoms with Crippen LogP contribution in [0.4, 0.5) is 0 Å². The summed E-state index contributed by atoms with van der Waals surface area (Å²) in [4.78, 5) is 14.8. The molecular weight excluding hydrogens is 342 g/mol. The maximum atomic E-state index is 13.0. The molecule has 2 heterocycles. The van der Waals surface area contributed by atoms with Gasteiger partial charge in [0.15, 0.2) is 0 Å². The molecule has 2 aliphatic rings. The molecule has 8 heteroatoms. The fraction of sp³-hybridized carbons (Fsp3) is 0.529. The summed E-state index contributed by atoms with van der Waals surface area (Å²) in [6.07, 6.45) is 6.10. The van der Waals surface area contributed by atoms with Gasteiger partial charge in [-0.15, -0.1) is 5.10 Å². The van der Waals surface area contributed by atoms with Gasteiger partial charge in [0.25, 0.3) is 5.91 Å². The van der Waals surface area contributed by atoms with Crippen LogP contribution in [0, 0.1) is 5.92 Å². The summed E-state index contributed by atoms with van der Waals surface area (Å²) in [6.45, 7) is 1.14. The number of tetrazole rings is 1. The van der Waals surface area contributed by atoms with Crippen LogP contribution in [0.15, 0.2) is 24.5 Å². The second kappa shape index (κ2) is 6.38. The van der Waals surface area contributed by atoms with E-state index in [0.29, 0.717) is 35.8 Å². The minimum Gasteiger partial charge on any atom is -0.389 e. The Bertz CT molecular complexity index is 781. The van der Waals surface area contributed by atoms with E-state index < -0.39 is 5.60 Å². The van der Waals surface area contributed by atoms with E-state index in [1.165, 1.54) is 11.0 Å². The number of piperidine rings is 1. The lowest BCUT2D eigenvalue weighted by atomic mass is 9.71. The summed E-state index contributed by atoms with van der Waals surface area (Å²) in [5.41, 5.74) is 0.521. The zero-order valence-corrected chi connectivity index (χ0v) is 14.6. The fourth-order valence-corrected chi connectivity index (χ4v) is 4.22. The minimum absolute atomic E-state index is 0.104. The molecule has 1 aliphatic carbocycles. The van der Waals surface area contributed by atoms with Crippen molar-refractivity contribution in [2.75, 3.05) is 13.1 Å². The lowest BCUT2D eigenvalue weighted by molar-refractivity contribution is -0.0886. The Kier molecular flexibility index (Phi) is 4.21. The number of nitrogens with zero attached hydrogens (tertiary/aromatic N) is 5. The number of aliphatic hydroxyl groups is 1. The number of carbonyl (C=O) groups is 1. The van der Waals surface area contributed by atoms with Crippen molar-refractivity contribution in [2.45, 2.75) is 37.7 Å². The summed E-state index contributed by atoms with van der Waals surface area (Å²) < 4.78 is 1.49. The van der Waals surface area contributed by atoms with Gasteiger partial charge in [-0.05, 0) is 47.9 Å². The Hall–Kier alpha value is -1.99. The molecule has 0 unspecified atom stereocenters. The van der Waals surface area contributed by atoms with E-state index in [1.54, 1.807) is 18.2 Å². The lowest BCUT2D eigenvalue weighted by Crippen LogP contribution is -2.54. The third-order valence-corrected chi connectivity index (χ3v) is 5.84. The summed E-state index contributed by atoms with van der Waals surface area (Å²) in [5, 5.41) is 22.3. The SMILES string of the molecule is O=C(c1cc(-n2cnnn2)ccc1Cl)N1CC[C@]2(O)CCCC[C@H]2C1. The number of aromatic nitrogens is 4. The van der Waals surface area contributed by atoms with Crippen LogP contribution in [0.5, 0.6) is 0 Å². The Morgan fingerprint density at radius 2 is 2.20 bits per heavy atom. The van der Waals surface area contributed by atoms with Crippen molar-refractivity contribution >= 4 is 17.5 Å². The van der Waals surface area contributed by atoms with Crippen LogP contribution in [-0.4, -0.2) is 54.8 Å². The third kappa shape index (κ3) is 3.02. The number of amides is 1. The molecule has 0 radical (unpaired) electrons. The second-order valence-corrected chi connectivity index (χ2v) is 7.37. The first-order valence-electron chi connectivity index (χ1n) is 8.61. The van der Waals surface area contributed by atoms with E-state index in [1.807, 2.05) is 4.90 Å². The number of benzene rings is 1. The quantitative estimate of drug-likeness (QED) is 0.885. The number of likely N-dealkylation sites (tertiary alicyclic amines) is 1. The fourth-order valence-electron chi connectivity index (χ4n) is 4.02. The predicted molar refractivity (Wildman–Crippen MR) is 91.6 cm³/mol. The Morgan fingerprint density at radius 3 is 3.00 bits per heavy atom. The number of carbonyl (C=O) groups excluding carboxylic acids is 1. The van der Waals surface area contributed by atoms with Gasteiger partial charge in [-0.2, -0.15) is 0 Å². The van der Waals surface area contributed by atoms with E-state index in [9.17, 15) is 9.90 Å². The Balaban J connectivity index is 1.58. The van der Waals surface area contributed by atoms with Gasteiger partial charge in [0.2, 0.25) is 0 Å². The van der Waals surface area contributed by atoms with Gasteiger partial charge in [-0.3, -0.25) is 4.79 Å². The molecule has 2 fully saturated rings. The molecule has 1 aliphatic heterocycles. The molecule has 0 bridgehead atoms. The van der Waals surface area contributed by atoms with Crippen molar-refractivity contribution < 1.29 is 9.90 Å². The molecule has 1 aromatic carbocycles. The maximum Gasteiger partial charge on any atom is 0.255 e. The highest BCUT2D eigenvalue weighted by molar-refractivity contribution is 6.33. The first kappa shape index (κ1) is 16.5. The largest absolute Gasteiger partial charge is 0.389 e. The van der Waals surface area contributed by atoms with Crippen LogP contribution in [0.3, 0.4) is 0 Å². The standard InChI is InChI=1S/C17H20ClN5O2/c18-15-5-4-13(23-11-19-20-21-23)9-14(15)16(24)22-8-7-17(25)6-2-1-3-12(17)10-22/h4-5,9,11-12,25H,1-3,6-8,10H2/t12-,17+/m0/s1. The van der Waals surface area contributed by atoms with Crippen molar-refractivity contribution in [3.05, 3.63) is 35.1 Å². The van der Waals surface area contributed by atoms with E-state index in [-0.39, 0.29) is 11.8 Å². The first-order valence-corrected chi connectivity index (χ1v) is 8.99. The van der Waals surface area contributed by atoms with Gasteiger partial charge in [-0.25, -0.2) is 4.68 Å². The maximum absolute atomic E-state index is 13.0. The highest BCUT2D eigenvalue weighted by Crippen LogP contribution is 2.40. The zero-order chi connectivity index (χ0) is 17.4. The first-order chi connectivity index (χ1) is 12.1. The summed E-state index contributed by atoms with van der Waals surface area (Å²) in [6, 6.07) is 5.17. The van der Waals surface area contributed by atoms with Crippen LogP contribution >= 0.6 is 11.6 Å². The summed E-state index contributed by atoms with van der Waals surface area (Å²) >= 11 is 6.28. The van der Waals surface area contributed by atoms with Crippen molar-refractivity contribution in [1.82, 2.24) is 25.1 Å². The average molecular weight is 362 g/mol. The molecule has 2 atom stereocenters. The molecule has 132 valence electrons. The normalized spacial score (nSPS) is 26.3. The molecule has 1 saturated heterocycles. The van der Waals surface area contributed by atoms with Crippen LogP contribution < -0.4 is 0 Å². The molecule has 2 aromatic rings. The highest BCUT2D eigenvalue weighted by atomic mass is 35.5. The highest BCUT2D eigenvalue weighted by Gasteiger charge is 2.43. The van der Waals surface area contributed by atoms with Crippen molar-refractivity contribution in [1.29, 1.82) is 0 Å². The molecule has 1 amide bonds. The average Bonchev–Trinajstić information content (AvgIpc) is 3.15. The van der Waals surface area contributed by atoms with E-state index in [0.717, 1.165) is 25.7 Å². The Morgan fingerprint density at radius 1 is 1.32 bits per heavy atom. The molecule has 1 N–H and O–H groups in total. The third-order valence-electron chi connectivity index (χ3n) is 5.51. The predicted octanol–water partition coefficient (Wildman–Crippen LogP) is 2.08. The van der Waals surface area contributed by atoms with E-state index in [2.05, 4.69) is 15.5 Å². The van der Waals surface area contributed by atoms with Gasteiger partial charge in [-0.1, -0.05) is 24.4 Å².